The number of carbonyl (C=O) groups is 1. The van der Waals surface area contributed by atoms with E-state index < -0.39 is 30.1 Å². The third-order valence-corrected chi connectivity index (χ3v) is 7.70. The van der Waals surface area contributed by atoms with Crippen LogP contribution in [0.1, 0.15) is 55.6 Å². The molecule has 5 rings (SSSR count). The lowest BCUT2D eigenvalue weighted by Gasteiger charge is -2.25. The van der Waals surface area contributed by atoms with Crippen LogP contribution in [0.15, 0.2) is 42.6 Å². The van der Waals surface area contributed by atoms with Gasteiger partial charge in [-0.15, -0.1) is 0 Å². The van der Waals surface area contributed by atoms with Crippen LogP contribution in [0.2, 0.25) is 5.02 Å². The van der Waals surface area contributed by atoms with Gasteiger partial charge in [-0.05, 0) is 56.0 Å². The molecule has 3 atom stereocenters. The molecule has 42 heavy (non-hydrogen) atoms. The zero-order valence-electron chi connectivity index (χ0n) is 23.5. The van der Waals surface area contributed by atoms with Gasteiger partial charge >= 0.3 is 0 Å². The number of nitrogens with one attached hydrogen (secondary N) is 2. The highest BCUT2D eigenvalue weighted by Crippen LogP contribution is 2.36. The third-order valence-electron chi connectivity index (χ3n) is 7.42. The Morgan fingerprint density at radius 2 is 2.05 bits per heavy atom. The van der Waals surface area contributed by atoms with Crippen molar-refractivity contribution in [2.45, 2.75) is 57.6 Å². The van der Waals surface area contributed by atoms with Crippen molar-refractivity contribution in [1.82, 2.24) is 20.2 Å². The van der Waals surface area contributed by atoms with Crippen LogP contribution in [0.5, 0.6) is 5.75 Å². The summed E-state index contributed by atoms with van der Waals surface area (Å²) in [7, 11) is 0. The molecule has 3 aromatic rings. The highest BCUT2D eigenvalue weighted by Gasteiger charge is 2.32. The van der Waals surface area contributed by atoms with Gasteiger partial charge in [0.1, 0.15) is 17.8 Å². The lowest BCUT2D eigenvalue weighted by atomic mass is 10.0. The molecule has 224 valence electrons. The van der Waals surface area contributed by atoms with Crippen LogP contribution in [-0.4, -0.2) is 69.5 Å². The maximum atomic E-state index is 14.2. The van der Waals surface area contributed by atoms with Crippen molar-refractivity contribution in [3.8, 4) is 17.0 Å². The summed E-state index contributed by atoms with van der Waals surface area (Å²) in [5, 5.41) is 28.0. The minimum atomic E-state index is -1.05. The van der Waals surface area contributed by atoms with Crippen molar-refractivity contribution in [2.75, 3.05) is 31.7 Å². The van der Waals surface area contributed by atoms with Gasteiger partial charge in [-0.3, -0.25) is 9.69 Å². The molecule has 2 aromatic carbocycles. The van der Waals surface area contributed by atoms with Gasteiger partial charge in [0.25, 0.3) is 0 Å². The second-order valence-corrected chi connectivity index (χ2v) is 11.0. The summed E-state index contributed by atoms with van der Waals surface area (Å²) in [5.74, 6) is -0.186. The lowest BCUT2D eigenvalue weighted by Crippen LogP contribution is -2.41. The highest BCUT2D eigenvalue weighted by atomic mass is 35.5. The predicted octanol–water partition coefficient (Wildman–Crippen LogP) is 3.97. The van der Waals surface area contributed by atoms with Crippen molar-refractivity contribution in [1.29, 1.82) is 0 Å². The van der Waals surface area contributed by atoms with Crippen LogP contribution in [0.4, 0.5) is 10.3 Å². The van der Waals surface area contributed by atoms with E-state index in [0.717, 1.165) is 18.4 Å². The molecule has 0 spiro atoms. The minimum Gasteiger partial charge on any atom is -0.494 e. The van der Waals surface area contributed by atoms with Gasteiger partial charge in [0.2, 0.25) is 11.9 Å². The first kappa shape index (κ1) is 30.1. The van der Waals surface area contributed by atoms with Gasteiger partial charge in [0.05, 0.1) is 42.2 Å². The molecule has 0 aliphatic carbocycles. The Labute approximate surface area is 248 Å². The molecule has 12 heteroatoms. The third kappa shape index (κ3) is 6.99. The van der Waals surface area contributed by atoms with E-state index in [4.69, 9.17) is 21.1 Å². The number of anilines is 1. The smallest absolute Gasteiger partial charge is 0.234 e. The number of halogens is 2. The van der Waals surface area contributed by atoms with Gasteiger partial charge in [0, 0.05) is 43.0 Å². The van der Waals surface area contributed by atoms with E-state index in [1.165, 1.54) is 19.1 Å². The summed E-state index contributed by atoms with van der Waals surface area (Å²) >= 11 is 6.47. The average molecular weight is 600 g/mol. The van der Waals surface area contributed by atoms with Crippen molar-refractivity contribution >= 4 is 23.5 Å². The summed E-state index contributed by atoms with van der Waals surface area (Å²) in [5.41, 5.74) is 3.14. The number of carbonyl (C=O) groups excluding carboxylic acids is 1. The SMILES string of the molecule is CCOc1cc(F)cc([C@H](NC(=O)CN2Cc3ccc(-c4nc(NC5CCOCC5)ncc4Cl)cc3C2O)[C@H](C)O)c1. The fourth-order valence-electron chi connectivity index (χ4n) is 5.33. The summed E-state index contributed by atoms with van der Waals surface area (Å²) in [6, 6.07) is 9.03. The molecule has 3 heterocycles. The van der Waals surface area contributed by atoms with Crippen LogP contribution in [-0.2, 0) is 16.1 Å². The number of aliphatic hydroxyl groups excluding tert-OH is 2. The molecule has 1 saturated heterocycles. The van der Waals surface area contributed by atoms with E-state index in [9.17, 15) is 19.4 Å². The van der Waals surface area contributed by atoms with Gasteiger partial charge < -0.3 is 30.3 Å². The maximum Gasteiger partial charge on any atom is 0.234 e. The first-order chi connectivity index (χ1) is 20.2. The van der Waals surface area contributed by atoms with Crippen LogP contribution >= 0.6 is 11.6 Å². The zero-order valence-corrected chi connectivity index (χ0v) is 24.3. The second kappa shape index (κ2) is 13.3. The number of hydrogen-bond donors (Lipinski definition) is 4. The lowest BCUT2D eigenvalue weighted by molar-refractivity contribution is -0.126. The summed E-state index contributed by atoms with van der Waals surface area (Å²) in [6.07, 6.45) is 1.24. The predicted molar refractivity (Wildman–Crippen MR) is 155 cm³/mol. The Morgan fingerprint density at radius 3 is 2.79 bits per heavy atom. The normalized spacial score (nSPS) is 18.8. The molecule has 2 aliphatic rings. The Bertz CT molecular complexity index is 1420. The Kier molecular flexibility index (Phi) is 9.54. The number of amides is 1. The fourth-order valence-corrected chi connectivity index (χ4v) is 5.53. The van der Waals surface area contributed by atoms with E-state index in [0.29, 0.717) is 65.5 Å². The molecular weight excluding hydrogens is 565 g/mol. The number of fused-ring (bicyclic) bond motifs is 1. The van der Waals surface area contributed by atoms with Crippen LogP contribution < -0.4 is 15.4 Å². The van der Waals surface area contributed by atoms with Crippen LogP contribution in [0.25, 0.3) is 11.3 Å². The van der Waals surface area contributed by atoms with Gasteiger partial charge in [-0.25, -0.2) is 14.4 Å². The largest absolute Gasteiger partial charge is 0.494 e. The minimum absolute atomic E-state index is 0.143. The average Bonchev–Trinajstić information content (AvgIpc) is 3.27. The van der Waals surface area contributed by atoms with E-state index in [1.807, 2.05) is 18.2 Å². The maximum absolute atomic E-state index is 14.2. The monoisotopic (exact) mass is 599 g/mol. The number of aliphatic hydroxyl groups is 2. The molecule has 0 radical (unpaired) electrons. The number of ether oxygens (including phenoxy) is 2. The topological polar surface area (TPSA) is 129 Å². The molecule has 1 amide bonds. The number of aromatic nitrogens is 2. The van der Waals surface area contributed by atoms with E-state index in [-0.39, 0.29) is 12.6 Å². The van der Waals surface area contributed by atoms with Crippen molar-refractivity contribution in [3.63, 3.8) is 0 Å². The van der Waals surface area contributed by atoms with Crippen LogP contribution in [0.3, 0.4) is 0 Å². The molecule has 4 N–H and O–H groups in total. The van der Waals surface area contributed by atoms with E-state index in [1.54, 1.807) is 24.1 Å². The molecule has 0 saturated carbocycles. The zero-order chi connectivity index (χ0) is 29.8. The number of hydrogen-bond acceptors (Lipinski definition) is 9. The van der Waals surface area contributed by atoms with Crippen molar-refractivity contribution in [2.24, 2.45) is 0 Å². The van der Waals surface area contributed by atoms with Crippen LogP contribution in [0, 0.1) is 5.82 Å². The molecule has 1 unspecified atom stereocenters. The molecule has 2 aliphatic heterocycles. The molecular formula is C30H35ClFN5O5. The van der Waals surface area contributed by atoms with Gasteiger partial charge in [0.15, 0.2) is 0 Å². The molecule has 1 fully saturated rings. The van der Waals surface area contributed by atoms with Crippen molar-refractivity contribution in [3.05, 3.63) is 70.1 Å². The van der Waals surface area contributed by atoms with Gasteiger partial charge in [-0.1, -0.05) is 23.7 Å². The molecule has 0 bridgehead atoms. The van der Waals surface area contributed by atoms with E-state index in [2.05, 4.69) is 20.6 Å². The number of rotatable bonds is 10. The molecule has 10 nitrogen and oxygen atoms in total. The quantitative estimate of drug-likeness (QED) is 0.274. The van der Waals surface area contributed by atoms with E-state index >= 15 is 0 Å². The first-order valence-corrected chi connectivity index (χ1v) is 14.4. The van der Waals surface area contributed by atoms with Crippen molar-refractivity contribution < 1.29 is 28.9 Å². The fraction of sp³-hybridized carbons (Fsp3) is 0.433. The second-order valence-electron chi connectivity index (χ2n) is 10.6. The Hall–Kier alpha value is -3.35. The summed E-state index contributed by atoms with van der Waals surface area (Å²) < 4.78 is 25.0. The first-order valence-electron chi connectivity index (χ1n) is 14.0. The Balaban J connectivity index is 1.28. The standard InChI is InChI=1S/C30H35ClFN5O5/c1-3-42-23-11-20(10-21(32)13-23)27(17(2)38)35-26(39)16-37-15-19-5-4-18(12-24(19)29(37)40)28-25(31)14-33-30(36-28)34-22-6-8-41-9-7-22/h4-5,10-14,17,22,27,29,38,40H,3,6-9,15-16H2,1-2H3,(H,35,39)(H,33,34,36)/t17-,27+,29?/m0/s1. The summed E-state index contributed by atoms with van der Waals surface area (Å²) in [4.78, 5) is 23.6. The number of nitrogens with zero attached hydrogens (tertiary/aromatic N) is 3. The Morgan fingerprint density at radius 1 is 1.26 bits per heavy atom. The number of benzene rings is 2. The van der Waals surface area contributed by atoms with Gasteiger partial charge in [-0.2, -0.15) is 0 Å². The highest BCUT2D eigenvalue weighted by molar-refractivity contribution is 6.32. The molecule has 1 aromatic heterocycles. The summed E-state index contributed by atoms with van der Waals surface area (Å²) in [6.45, 7) is 5.22.